The van der Waals surface area contributed by atoms with Gasteiger partial charge in [0, 0.05) is 16.5 Å². The average Bonchev–Trinajstić information content (AvgIpc) is 2.47. The lowest BCUT2D eigenvalue weighted by Gasteiger charge is -2.38. The second-order valence-corrected chi connectivity index (χ2v) is 5.99. The van der Waals surface area contributed by atoms with Gasteiger partial charge >= 0.3 is 0 Å². The fourth-order valence-electron chi connectivity index (χ4n) is 3.05. The minimum atomic E-state index is -0.137. The van der Waals surface area contributed by atoms with Crippen LogP contribution in [0, 0.1) is 0 Å². The SMILES string of the molecule is C=C(C)C(=C)CC1(C)c2ccccc2Oc2ccccc21. The highest BCUT2D eigenvalue weighted by molar-refractivity contribution is 5.58. The Morgan fingerprint density at radius 3 is 1.90 bits per heavy atom. The topological polar surface area (TPSA) is 9.23 Å². The molecule has 1 aliphatic rings. The molecule has 1 heteroatoms. The fourth-order valence-corrected chi connectivity index (χ4v) is 3.05. The van der Waals surface area contributed by atoms with E-state index in [9.17, 15) is 0 Å². The van der Waals surface area contributed by atoms with Gasteiger partial charge in [-0.1, -0.05) is 67.6 Å². The summed E-state index contributed by atoms with van der Waals surface area (Å²) in [4.78, 5) is 0. The molecule has 21 heavy (non-hydrogen) atoms. The molecule has 1 aliphatic heterocycles. The maximum atomic E-state index is 6.06. The van der Waals surface area contributed by atoms with Crippen LogP contribution in [0.15, 0.2) is 72.8 Å². The van der Waals surface area contributed by atoms with Crippen LogP contribution in [0.25, 0.3) is 0 Å². The minimum absolute atomic E-state index is 0.137. The first-order valence-electron chi connectivity index (χ1n) is 7.23. The summed E-state index contributed by atoms with van der Waals surface area (Å²) in [6, 6.07) is 16.5. The van der Waals surface area contributed by atoms with E-state index >= 15 is 0 Å². The summed E-state index contributed by atoms with van der Waals surface area (Å²) >= 11 is 0. The van der Waals surface area contributed by atoms with Gasteiger partial charge in [0.15, 0.2) is 0 Å². The van der Waals surface area contributed by atoms with E-state index < -0.39 is 0 Å². The third-order valence-corrected chi connectivity index (χ3v) is 4.35. The molecule has 0 spiro atoms. The summed E-state index contributed by atoms with van der Waals surface area (Å²) in [5.41, 5.74) is 4.42. The van der Waals surface area contributed by atoms with Crippen molar-refractivity contribution in [3.63, 3.8) is 0 Å². The highest BCUT2D eigenvalue weighted by atomic mass is 16.5. The van der Waals surface area contributed by atoms with Crippen LogP contribution >= 0.6 is 0 Å². The Labute approximate surface area is 126 Å². The highest BCUT2D eigenvalue weighted by Crippen LogP contribution is 2.50. The lowest BCUT2D eigenvalue weighted by molar-refractivity contribution is 0.404. The number of ether oxygens (including phenoxy) is 1. The van der Waals surface area contributed by atoms with Crippen molar-refractivity contribution in [2.75, 3.05) is 0 Å². The van der Waals surface area contributed by atoms with Crippen molar-refractivity contribution < 1.29 is 4.74 Å². The van der Waals surface area contributed by atoms with Gasteiger partial charge in [-0.2, -0.15) is 0 Å². The lowest BCUT2D eigenvalue weighted by atomic mass is 9.69. The first kappa shape index (κ1) is 13.7. The average molecular weight is 276 g/mol. The zero-order valence-corrected chi connectivity index (χ0v) is 12.6. The molecular weight excluding hydrogens is 256 g/mol. The number of para-hydroxylation sites is 2. The maximum absolute atomic E-state index is 6.06. The van der Waals surface area contributed by atoms with Crippen molar-refractivity contribution in [2.24, 2.45) is 0 Å². The molecule has 0 N–H and O–H groups in total. The third-order valence-electron chi connectivity index (χ3n) is 4.35. The van der Waals surface area contributed by atoms with Gasteiger partial charge in [-0.05, 0) is 25.5 Å². The standard InChI is InChI=1S/C20H20O/c1-14(2)15(3)13-20(4)16-9-5-7-11-18(16)21-19-12-8-6-10-17(19)20/h5-12H,1,3,13H2,2,4H3. The molecule has 106 valence electrons. The Kier molecular flexibility index (Phi) is 3.21. The van der Waals surface area contributed by atoms with Gasteiger partial charge < -0.3 is 4.74 Å². The third kappa shape index (κ3) is 2.19. The summed E-state index contributed by atoms with van der Waals surface area (Å²) in [7, 11) is 0. The predicted octanol–water partition coefficient (Wildman–Crippen LogP) is 5.62. The molecule has 2 aromatic carbocycles. The van der Waals surface area contributed by atoms with Crippen molar-refractivity contribution in [1.29, 1.82) is 0 Å². The first-order valence-corrected chi connectivity index (χ1v) is 7.23. The summed E-state index contributed by atoms with van der Waals surface area (Å²) in [6.45, 7) is 12.5. The molecule has 3 rings (SSSR count). The number of benzene rings is 2. The quantitative estimate of drug-likeness (QED) is 0.661. The van der Waals surface area contributed by atoms with E-state index in [2.05, 4.69) is 44.3 Å². The molecule has 0 unspecified atom stereocenters. The van der Waals surface area contributed by atoms with Crippen LogP contribution < -0.4 is 4.74 Å². The molecule has 0 saturated heterocycles. The van der Waals surface area contributed by atoms with Crippen LogP contribution in [0.5, 0.6) is 11.5 Å². The number of fused-ring (bicyclic) bond motifs is 2. The largest absolute Gasteiger partial charge is 0.457 e. The smallest absolute Gasteiger partial charge is 0.131 e. The fraction of sp³-hybridized carbons (Fsp3) is 0.200. The van der Waals surface area contributed by atoms with Crippen LogP contribution in [0.3, 0.4) is 0 Å². The zero-order valence-electron chi connectivity index (χ0n) is 12.6. The van der Waals surface area contributed by atoms with Crippen LogP contribution in [0.2, 0.25) is 0 Å². The van der Waals surface area contributed by atoms with E-state index in [0.29, 0.717) is 0 Å². The van der Waals surface area contributed by atoms with Gasteiger partial charge in [-0.15, -0.1) is 0 Å². The Morgan fingerprint density at radius 2 is 1.43 bits per heavy atom. The molecule has 0 bridgehead atoms. The summed E-state index contributed by atoms with van der Waals surface area (Å²) in [5.74, 6) is 1.88. The van der Waals surface area contributed by atoms with E-state index in [4.69, 9.17) is 4.74 Å². The Hall–Kier alpha value is -2.28. The number of allylic oxidation sites excluding steroid dienone is 2. The van der Waals surface area contributed by atoms with E-state index in [-0.39, 0.29) is 5.41 Å². The maximum Gasteiger partial charge on any atom is 0.131 e. The Morgan fingerprint density at radius 1 is 0.952 bits per heavy atom. The molecular formula is C20H20O. The lowest BCUT2D eigenvalue weighted by Crippen LogP contribution is -2.28. The van der Waals surface area contributed by atoms with E-state index in [1.807, 2.05) is 31.2 Å². The molecule has 0 atom stereocenters. The van der Waals surface area contributed by atoms with E-state index in [1.54, 1.807) is 0 Å². The molecule has 2 aromatic rings. The van der Waals surface area contributed by atoms with Crippen LogP contribution in [-0.2, 0) is 5.41 Å². The molecule has 0 aromatic heterocycles. The molecule has 0 saturated carbocycles. The van der Waals surface area contributed by atoms with E-state index in [0.717, 1.165) is 29.1 Å². The summed E-state index contributed by atoms with van der Waals surface area (Å²) in [5, 5.41) is 0. The number of rotatable bonds is 3. The molecule has 0 aliphatic carbocycles. The summed E-state index contributed by atoms with van der Waals surface area (Å²) in [6.07, 6.45) is 0.847. The second-order valence-electron chi connectivity index (χ2n) is 5.99. The molecule has 1 nitrogen and oxygen atoms in total. The van der Waals surface area contributed by atoms with Gasteiger partial charge in [0.1, 0.15) is 11.5 Å². The van der Waals surface area contributed by atoms with Crippen molar-refractivity contribution in [1.82, 2.24) is 0 Å². The van der Waals surface area contributed by atoms with Crippen molar-refractivity contribution in [3.8, 4) is 11.5 Å². The van der Waals surface area contributed by atoms with Gasteiger partial charge in [0.25, 0.3) is 0 Å². The van der Waals surface area contributed by atoms with E-state index in [1.165, 1.54) is 11.1 Å². The van der Waals surface area contributed by atoms with Gasteiger partial charge in [-0.3, -0.25) is 0 Å². The van der Waals surface area contributed by atoms with Crippen molar-refractivity contribution in [2.45, 2.75) is 25.7 Å². The zero-order chi connectivity index (χ0) is 15.0. The summed E-state index contributed by atoms with van der Waals surface area (Å²) < 4.78 is 6.06. The predicted molar refractivity (Wildman–Crippen MR) is 88.0 cm³/mol. The van der Waals surface area contributed by atoms with Crippen LogP contribution in [0.1, 0.15) is 31.4 Å². The number of hydrogen-bond donors (Lipinski definition) is 0. The molecule has 0 radical (unpaired) electrons. The van der Waals surface area contributed by atoms with Gasteiger partial charge in [0.05, 0.1) is 0 Å². The Bertz CT molecular complexity index is 679. The van der Waals surface area contributed by atoms with Crippen molar-refractivity contribution in [3.05, 3.63) is 84.0 Å². The Balaban J connectivity index is 2.18. The molecule has 1 heterocycles. The van der Waals surface area contributed by atoms with Crippen molar-refractivity contribution >= 4 is 0 Å². The molecule has 0 amide bonds. The van der Waals surface area contributed by atoms with Crippen LogP contribution in [0.4, 0.5) is 0 Å². The highest BCUT2D eigenvalue weighted by Gasteiger charge is 2.38. The second kappa shape index (κ2) is 4.92. The first-order chi connectivity index (χ1) is 10.0. The van der Waals surface area contributed by atoms with Crippen LogP contribution in [-0.4, -0.2) is 0 Å². The van der Waals surface area contributed by atoms with Gasteiger partial charge in [0.2, 0.25) is 0 Å². The molecule has 0 fully saturated rings. The minimum Gasteiger partial charge on any atom is -0.457 e. The number of hydrogen-bond acceptors (Lipinski definition) is 1. The monoisotopic (exact) mass is 276 g/mol. The van der Waals surface area contributed by atoms with Gasteiger partial charge in [-0.25, -0.2) is 0 Å². The normalized spacial score (nSPS) is 14.6.